The van der Waals surface area contributed by atoms with Crippen LogP contribution < -0.4 is 0 Å². The van der Waals surface area contributed by atoms with Crippen LogP contribution in [0.5, 0.6) is 0 Å². The van der Waals surface area contributed by atoms with E-state index < -0.39 is 5.60 Å². The molecule has 3 nitrogen and oxygen atoms in total. The molecule has 5 heteroatoms. The predicted molar refractivity (Wildman–Crippen MR) is 77.1 cm³/mol. The Morgan fingerprint density at radius 3 is 2.58 bits per heavy atom. The maximum Gasteiger partial charge on any atom is 0.178 e. The molecule has 0 radical (unpaired) electrons. The first-order chi connectivity index (χ1) is 8.87. The van der Waals surface area contributed by atoms with Crippen LogP contribution in [0.15, 0.2) is 18.2 Å². The van der Waals surface area contributed by atoms with Gasteiger partial charge in [-0.25, -0.2) is 0 Å². The smallest absolute Gasteiger partial charge is 0.178 e. The Labute approximate surface area is 123 Å². The number of Topliss-reactive ketones (excluding diaryl/α,β-unsaturated/α-hetero) is 1. The third-order valence-corrected chi connectivity index (χ3v) is 4.08. The molecule has 0 atom stereocenters. The number of likely N-dealkylation sites (tertiary alicyclic amines) is 1. The lowest BCUT2D eigenvalue weighted by Gasteiger charge is -2.35. The normalized spacial score (nSPS) is 19.4. The molecular formula is C14H17Cl2NO2. The lowest BCUT2D eigenvalue weighted by Crippen LogP contribution is -2.44. The summed E-state index contributed by atoms with van der Waals surface area (Å²) in [5.41, 5.74) is -0.0966. The number of benzene rings is 1. The fourth-order valence-electron chi connectivity index (χ4n) is 2.20. The van der Waals surface area contributed by atoms with Crippen molar-refractivity contribution in [1.29, 1.82) is 0 Å². The van der Waals surface area contributed by atoms with Gasteiger partial charge in [0.15, 0.2) is 5.78 Å². The third kappa shape index (κ3) is 3.93. The summed E-state index contributed by atoms with van der Waals surface area (Å²) >= 11 is 11.8. The van der Waals surface area contributed by atoms with Gasteiger partial charge in [0.2, 0.25) is 0 Å². The standard InChI is InChI=1S/C14H17Cl2NO2/c1-14(19)4-6-17(7-5-14)9-13(18)11-3-2-10(15)8-12(11)16/h2-3,8,19H,4-7,9H2,1H3. The predicted octanol–water partition coefficient (Wildman–Crippen LogP) is 3.02. The summed E-state index contributed by atoms with van der Waals surface area (Å²) in [5, 5.41) is 10.8. The molecule has 1 fully saturated rings. The van der Waals surface area contributed by atoms with Crippen molar-refractivity contribution in [3.05, 3.63) is 33.8 Å². The SMILES string of the molecule is CC1(O)CCN(CC(=O)c2ccc(Cl)cc2Cl)CC1. The number of hydrogen-bond acceptors (Lipinski definition) is 3. The summed E-state index contributed by atoms with van der Waals surface area (Å²) in [6.45, 7) is 3.62. The molecule has 0 aliphatic carbocycles. The largest absolute Gasteiger partial charge is 0.390 e. The molecule has 1 aromatic carbocycles. The summed E-state index contributed by atoms with van der Waals surface area (Å²) in [6.07, 6.45) is 1.38. The number of piperidine rings is 1. The minimum absolute atomic E-state index is 0.0109. The lowest BCUT2D eigenvalue weighted by atomic mass is 9.93. The maximum absolute atomic E-state index is 12.2. The lowest BCUT2D eigenvalue weighted by molar-refractivity contribution is -0.00420. The highest BCUT2D eigenvalue weighted by Crippen LogP contribution is 2.24. The van der Waals surface area contributed by atoms with Gasteiger partial charge in [-0.3, -0.25) is 9.69 Å². The van der Waals surface area contributed by atoms with E-state index in [-0.39, 0.29) is 5.78 Å². The first-order valence-electron chi connectivity index (χ1n) is 6.30. The molecular weight excluding hydrogens is 285 g/mol. The van der Waals surface area contributed by atoms with E-state index >= 15 is 0 Å². The summed E-state index contributed by atoms with van der Waals surface area (Å²) < 4.78 is 0. The second-order valence-corrected chi connectivity index (χ2v) is 6.16. The Kier molecular flexibility index (Phi) is 4.51. The van der Waals surface area contributed by atoms with Crippen LogP contribution in [-0.2, 0) is 0 Å². The van der Waals surface area contributed by atoms with Crippen LogP contribution in [0.3, 0.4) is 0 Å². The third-order valence-electron chi connectivity index (χ3n) is 3.53. The number of nitrogens with zero attached hydrogens (tertiary/aromatic N) is 1. The van der Waals surface area contributed by atoms with Gasteiger partial charge in [-0.05, 0) is 38.0 Å². The first kappa shape index (κ1) is 14.8. The Morgan fingerprint density at radius 2 is 2.00 bits per heavy atom. The van der Waals surface area contributed by atoms with Gasteiger partial charge in [0.05, 0.1) is 17.2 Å². The first-order valence-corrected chi connectivity index (χ1v) is 7.06. The number of halogens is 2. The average molecular weight is 302 g/mol. The minimum Gasteiger partial charge on any atom is -0.390 e. The quantitative estimate of drug-likeness (QED) is 0.873. The summed E-state index contributed by atoms with van der Waals surface area (Å²) in [7, 11) is 0. The number of ketones is 1. The maximum atomic E-state index is 12.2. The van der Waals surface area contributed by atoms with Gasteiger partial charge in [0, 0.05) is 23.7 Å². The molecule has 1 saturated heterocycles. The van der Waals surface area contributed by atoms with Gasteiger partial charge in [-0.15, -0.1) is 0 Å². The molecule has 1 heterocycles. The van der Waals surface area contributed by atoms with Crippen LogP contribution in [0, 0.1) is 0 Å². The monoisotopic (exact) mass is 301 g/mol. The van der Waals surface area contributed by atoms with Crippen molar-refractivity contribution in [1.82, 2.24) is 4.90 Å². The molecule has 1 aliphatic rings. The van der Waals surface area contributed by atoms with Gasteiger partial charge < -0.3 is 5.11 Å². The number of rotatable bonds is 3. The van der Waals surface area contributed by atoms with Crippen molar-refractivity contribution in [2.75, 3.05) is 19.6 Å². The van der Waals surface area contributed by atoms with Crippen molar-refractivity contribution in [2.24, 2.45) is 0 Å². The number of carbonyl (C=O) groups excluding carboxylic acids is 1. The van der Waals surface area contributed by atoms with E-state index in [2.05, 4.69) is 0 Å². The van der Waals surface area contributed by atoms with E-state index in [1.54, 1.807) is 18.2 Å². The fourth-order valence-corrected chi connectivity index (χ4v) is 2.71. The summed E-state index contributed by atoms with van der Waals surface area (Å²) in [5.74, 6) is -0.0109. The molecule has 104 valence electrons. The van der Waals surface area contributed by atoms with E-state index in [1.807, 2.05) is 11.8 Å². The molecule has 1 aromatic rings. The van der Waals surface area contributed by atoms with Crippen molar-refractivity contribution in [3.8, 4) is 0 Å². The highest BCUT2D eigenvalue weighted by atomic mass is 35.5. The molecule has 0 saturated carbocycles. The zero-order valence-electron chi connectivity index (χ0n) is 10.8. The number of aliphatic hydroxyl groups is 1. The van der Waals surface area contributed by atoms with Crippen LogP contribution in [0.25, 0.3) is 0 Å². The molecule has 19 heavy (non-hydrogen) atoms. The summed E-state index contributed by atoms with van der Waals surface area (Å²) in [4.78, 5) is 14.2. The fraction of sp³-hybridized carbons (Fsp3) is 0.500. The Morgan fingerprint density at radius 1 is 1.37 bits per heavy atom. The highest BCUT2D eigenvalue weighted by molar-refractivity contribution is 6.36. The van der Waals surface area contributed by atoms with Gasteiger partial charge in [-0.1, -0.05) is 23.2 Å². The Balaban J connectivity index is 1.98. The van der Waals surface area contributed by atoms with Crippen LogP contribution >= 0.6 is 23.2 Å². The van der Waals surface area contributed by atoms with E-state index in [0.717, 1.165) is 13.1 Å². The molecule has 0 amide bonds. The molecule has 1 N–H and O–H groups in total. The van der Waals surface area contributed by atoms with E-state index in [9.17, 15) is 9.90 Å². The van der Waals surface area contributed by atoms with Crippen LogP contribution in [-0.4, -0.2) is 41.0 Å². The highest BCUT2D eigenvalue weighted by Gasteiger charge is 2.28. The molecule has 0 unspecified atom stereocenters. The van der Waals surface area contributed by atoms with E-state index in [4.69, 9.17) is 23.2 Å². The van der Waals surface area contributed by atoms with Crippen LogP contribution in [0.4, 0.5) is 0 Å². The Hall–Kier alpha value is -0.610. The average Bonchev–Trinajstić information content (AvgIpc) is 2.31. The van der Waals surface area contributed by atoms with E-state index in [1.165, 1.54) is 0 Å². The number of hydrogen-bond donors (Lipinski definition) is 1. The molecule has 0 aromatic heterocycles. The minimum atomic E-state index is -0.600. The molecule has 0 spiro atoms. The second-order valence-electron chi connectivity index (χ2n) is 5.32. The zero-order valence-corrected chi connectivity index (χ0v) is 12.3. The van der Waals surface area contributed by atoms with Crippen molar-refractivity contribution in [3.63, 3.8) is 0 Å². The van der Waals surface area contributed by atoms with Gasteiger partial charge in [0.25, 0.3) is 0 Å². The van der Waals surface area contributed by atoms with Gasteiger partial charge >= 0.3 is 0 Å². The van der Waals surface area contributed by atoms with Crippen molar-refractivity contribution < 1.29 is 9.90 Å². The molecule has 2 rings (SSSR count). The Bertz CT molecular complexity index is 478. The van der Waals surface area contributed by atoms with Crippen molar-refractivity contribution >= 4 is 29.0 Å². The van der Waals surface area contributed by atoms with Crippen LogP contribution in [0.2, 0.25) is 10.0 Å². The summed E-state index contributed by atoms with van der Waals surface area (Å²) in [6, 6.07) is 4.91. The van der Waals surface area contributed by atoms with Crippen molar-refractivity contribution in [2.45, 2.75) is 25.4 Å². The second kappa shape index (κ2) is 5.80. The zero-order chi connectivity index (χ0) is 14.0. The topological polar surface area (TPSA) is 40.5 Å². The van der Waals surface area contributed by atoms with Crippen LogP contribution in [0.1, 0.15) is 30.1 Å². The molecule has 0 bridgehead atoms. The number of carbonyl (C=O) groups is 1. The van der Waals surface area contributed by atoms with Gasteiger partial charge in [0.1, 0.15) is 0 Å². The van der Waals surface area contributed by atoms with E-state index in [0.29, 0.717) is 35.0 Å². The molecule has 1 aliphatic heterocycles. The van der Waals surface area contributed by atoms with Gasteiger partial charge in [-0.2, -0.15) is 0 Å².